The van der Waals surface area contributed by atoms with Crippen LogP contribution in [-0.2, 0) is 0 Å². The van der Waals surface area contributed by atoms with Crippen molar-refractivity contribution in [1.29, 1.82) is 5.26 Å². The van der Waals surface area contributed by atoms with Gasteiger partial charge in [-0.2, -0.15) is 5.26 Å². The predicted molar refractivity (Wildman–Crippen MR) is 66.4 cm³/mol. The van der Waals surface area contributed by atoms with E-state index in [1.165, 1.54) is 0 Å². The van der Waals surface area contributed by atoms with Crippen molar-refractivity contribution in [1.82, 2.24) is 0 Å². The monoisotopic (exact) mass is 219 g/mol. The highest BCUT2D eigenvalue weighted by Gasteiger charge is 2.14. The maximum Gasteiger partial charge on any atom is 0.212 e. The molecular formula is C15H9NO. The van der Waals surface area contributed by atoms with E-state index in [-0.39, 0.29) is 0 Å². The van der Waals surface area contributed by atoms with Gasteiger partial charge in [-0.05, 0) is 11.6 Å². The second kappa shape index (κ2) is 3.80. The summed E-state index contributed by atoms with van der Waals surface area (Å²) < 4.78 is 5.54. The number of hydrogen-bond donors (Lipinski definition) is 0. The predicted octanol–water partition coefficient (Wildman–Crippen LogP) is 3.97. The minimum Gasteiger partial charge on any atom is -0.445 e. The lowest BCUT2D eigenvalue weighted by Gasteiger charge is -1.98. The van der Waals surface area contributed by atoms with Gasteiger partial charge in [0.1, 0.15) is 11.7 Å². The van der Waals surface area contributed by atoms with E-state index in [9.17, 15) is 0 Å². The van der Waals surface area contributed by atoms with Crippen molar-refractivity contribution in [2.24, 2.45) is 0 Å². The van der Waals surface area contributed by atoms with Crippen molar-refractivity contribution in [3.63, 3.8) is 0 Å². The normalized spacial score (nSPS) is 10.3. The molecule has 0 aliphatic heterocycles. The summed E-state index contributed by atoms with van der Waals surface area (Å²) in [6, 6.07) is 19.7. The summed E-state index contributed by atoms with van der Waals surface area (Å²) in [6.07, 6.45) is 0. The standard InChI is InChI=1S/C15H9NO/c16-10-14-15(11-6-2-1-3-7-11)12-8-4-5-9-13(12)17-14/h1-9H. The molecule has 1 aromatic heterocycles. The molecule has 0 amide bonds. The number of benzene rings is 2. The third-order valence-electron chi connectivity index (χ3n) is 2.76. The lowest BCUT2D eigenvalue weighted by molar-refractivity contribution is 0.600. The van der Waals surface area contributed by atoms with Crippen LogP contribution in [0, 0.1) is 11.3 Å². The molecule has 0 radical (unpaired) electrons. The summed E-state index contributed by atoms with van der Waals surface area (Å²) in [5.41, 5.74) is 2.64. The zero-order chi connectivity index (χ0) is 11.7. The van der Waals surface area contributed by atoms with E-state index in [0.717, 1.165) is 22.1 Å². The summed E-state index contributed by atoms with van der Waals surface area (Å²) in [4.78, 5) is 0. The molecule has 0 N–H and O–H groups in total. The van der Waals surface area contributed by atoms with Crippen molar-refractivity contribution >= 4 is 11.0 Å². The van der Waals surface area contributed by atoms with Gasteiger partial charge in [0.2, 0.25) is 5.76 Å². The topological polar surface area (TPSA) is 36.9 Å². The van der Waals surface area contributed by atoms with Crippen LogP contribution in [0.2, 0.25) is 0 Å². The van der Waals surface area contributed by atoms with E-state index in [1.807, 2.05) is 54.6 Å². The Morgan fingerprint density at radius 3 is 2.35 bits per heavy atom. The first-order valence-electron chi connectivity index (χ1n) is 5.37. The molecule has 2 heteroatoms. The van der Waals surface area contributed by atoms with Crippen LogP contribution in [0.4, 0.5) is 0 Å². The smallest absolute Gasteiger partial charge is 0.212 e. The Bertz CT molecular complexity index is 705. The Labute approximate surface area is 98.7 Å². The zero-order valence-electron chi connectivity index (χ0n) is 9.05. The van der Waals surface area contributed by atoms with Crippen LogP contribution in [0.25, 0.3) is 22.1 Å². The quantitative estimate of drug-likeness (QED) is 0.620. The van der Waals surface area contributed by atoms with Gasteiger partial charge in [0.25, 0.3) is 0 Å². The first-order valence-corrected chi connectivity index (χ1v) is 5.37. The molecule has 0 saturated carbocycles. The second-order valence-electron chi connectivity index (χ2n) is 3.78. The van der Waals surface area contributed by atoms with Gasteiger partial charge in [-0.3, -0.25) is 0 Å². The highest BCUT2D eigenvalue weighted by molar-refractivity contribution is 5.96. The fourth-order valence-electron chi connectivity index (χ4n) is 2.02. The fraction of sp³-hybridized carbons (Fsp3) is 0. The summed E-state index contributed by atoms with van der Waals surface area (Å²) in [7, 11) is 0. The number of fused-ring (bicyclic) bond motifs is 1. The fourth-order valence-corrected chi connectivity index (χ4v) is 2.02. The number of nitrogens with zero attached hydrogens (tertiary/aromatic N) is 1. The van der Waals surface area contributed by atoms with Crippen LogP contribution in [0.3, 0.4) is 0 Å². The molecule has 0 aliphatic rings. The molecule has 0 atom stereocenters. The van der Waals surface area contributed by atoms with Crippen molar-refractivity contribution in [2.75, 3.05) is 0 Å². The summed E-state index contributed by atoms with van der Waals surface area (Å²) in [6.45, 7) is 0. The molecular weight excluding hydrogens is 210 g/mol. The van der Waals surface area contributed by atoms with Gasteiger partial charge in [-0.25, -0.2) is 0 Å². The highest BCUT2D eigenvalue weighted by Crippen LogP contribution is 2.33. The largest absolute Gasteiger partial charge is 0.445 e. The Kier molecular flexibility index (Phi) is 2.16. The van der Waals surface area contributed by atoms with Gasteiger partial charge in [-0.1, -0.05) is 48.5 Å². The summed E-state index contributed by atoms with van der Waals surface area (Å²) in [5, 5.41) is 10.1. The molecule has 0 spiro atoms. The molecule has 0 saturated heterocycles. The van der Waals surface area contributed by atoms with Crippen LogP contribution in [0.1, 0.15) is 5.76 Å². The molecule has 0 unspecified atom stereocenters. The van der Waals surface area contributed by atoms with Gasteiger partial charge >= 0.3 is 0 Å². The van der Waals surface area contributed by atoms with Crippen LogP contribution in [-0.4, -0.2) is 0 Å². The highest BCUT2D eigenvalue weighted by atomic mass is 16.3. The Hall–Kier alpha value is -2.53. The minimum atomic E-state index is 0.373. The zero-order valence-corrected chi connectivity index (χ0v) is 9.05. The Morgan fingerprint density at radius 1 is 0.882 bits per heavy atom. The van der Waals surface area contributed by atoms with Crippen molar-refractivity contribution in [3.8, 4) is 17.2 Å². The second-order valence-corrected chi connectivity index (χ2v) is 3.78. The Balaban J connectivity index is 2.39. The molecule has 3 aromatic rings. The van der Waals surface area contributed by atoms with Crippen LogP contribution in [0.15, 0.2) is 59.0 Å². The number of rotatable bonds is 1. The molecule has 17 heavy (non-hydrogen) atoms. The van der Waals surface area contributed by atoms with E-state index < -0.39 is 0 Å². The van der Waals surface area contributed by atoms with Gasteiger partial charge < -0.3 is 4.42 Å². The molecule has 3 rings (SSSR count). The third kappa shape index (κ3) is 1.49. The number of furan rings is 1. The third-order valence-corrected chi connectivity index (χ3v) is 2.76. The number of nitriles is 1. The van der Waals surface area contributed by atoms with E-state index in [1.54, 1.807) is 0 Å². The van der Waals surface area contributed by atoms with E-state index in [4.69, 9.17) is 9.68 Å². The maximum absolute atomic E-state index is 9.14. The van der Waals surface area contributed by atoms with E-state index in [0.29, 0.717) is 5.76 Å². The van der Waals surface area contributed by atoms with Crippen molar-refractivity contribution in [2.45, 2.75) is 0 Å². The van der Waals surface area contributed by atoms with Gasteiger partial charge in [-0.15, -0.1) is 0 Å². The molecule has 0 fully saturated rings. The molecule has 80 valence electrons. The average molecular weight is 219 g/mol. The van der Waals surface area contributed by atoms with E-state index >= 15 is 0 Å². The maximum atomic E-state index is 9.14. The summed E-state index contributed by atoms with van der Waals surface area (Å²) in [5.74, 6) is 0.373. The van der Waals surface area contributed by atoms with Crippen LogP contribution < -0.4 is 0 Å². The lowest BCUT2D eigenvalue weighted by atomic mass is 10.0. The number of para-hydroxylation sites is 1. The van der Waals surface area contributed by atoms with Crippen molar-refractivity contribution in [3.05, 3.63) is 60.4 Å². The minimum absolute atomic E-state index is 0.373. The van der Waals surface area contributed by atoms with Crippen molar-refractivity contribution < 1.29 is 4.42 Å². The lowest BCUT2D eigenvalue weighted by Crippen LogP contribution is -1.78. The van der Waals surface area contributed by atoms with Gasteiger partial charge in [0.15, 0.2) is 0 Å². The Morgan fingerprint density at radius 2 is 1.59 bits per heavy atom. The molecule has 1 heterocycles. The average Bonchev–Trinajstić information content (AvgIpc) is 2.78. The number of hydrogen-bond acceptors (Lipinski definition) is 2. The SMILES string of the molecule is N#Cc1oc2ccccc2c1-c1ccccc1. The molecule has 2 nitrogen and oxygen atoms in total. The van der Waals surface area contributed by atoms with Crippen LogP contribution in [0.5, 0.6) is 0 Å². The van der Waals surface area contributed by atoms with Gasteiger partial charge in [0, 0.05) is 10.9 Å². The van der Waals surface area contributed by atoms with Gasteiger partial charge in [0.05, 0.1) is 0 Å². The van der Waals surface area contributed by atoms with Crippen LogP contribution >= 0.6 is 0 Å². The van der Waals surface area contributed by atoms with E-state index in [2.05, 4.69) is 6.07 Å². The molecule has 2 aromatic carbocycles. The first kappa shape index (κ1) is 9.68. The molecule has 0 bridgehead atoms. The first-order chi connectivity index (χ1) is 8.40. The summed E-state index contributed by atoms with van der Waals surface area (Å²) >= 11 is 0. The molecule has 0 aliphatic carbocycles.